The molecule has 0 aliphatic rings. The Hall–Kier alpha value is -1.24. The van der Waals surface area contributed by atoms with E-state index in [1.54, 1.807) is 0 Å². The van der Waals surface area contributed by atoms with E-state index in [1.807, 2.05) is 13.0 Å². The second-order valence-corrected chi connectivity index (χ2v) is 3.50. The zero-order valence-corrected chi connectivity index (χ0v) is 8.65. The number of nitrogen functional groups attached to an aromatic ring is 1. The normalized spacial score (nSPS) is 10.1. The average Bonchev–Trinajstić information content (AvgIpc) is 2.07. The Morgan fingerprint density at radius 3 is 2.54 bits per heavy atom. The molecule has 0 saturated carbocycles. The molecule has 1 aromatic carbocycles. The zero-order valence-electron chi connectivity index (χ0n) is 8.65. The topological polar surface area (TPSA) is 26.0 Å². The summed E-state index contributed by atoms with van der Waals surface area (Å²) in [4.78, 5) is 0. The molecule has 0 aliphatic carbocycles. The SMILES string of the molecule is C=C(C)c1cc(N)c(CC)cc1C. The summed E-state index contributed by atoms with van der Waals surface area (Å²) in [5.74, 6) is 0. The number of anilines is 1. The van der Waals surface area contributed by atoms with Gasteiger partial charge in [0.2, 0.25) is 0 Å². The van der Waals surface area contributed by atoms with Gasteiger partial charge in [0.15, 0.2) is 0 Å². The van der Waals surface area contributed by atoms with E-state index >= 15 is 0 Å². The van der Waals surface area contributed by atoms with Crippen LogP contribution in [0, 0.1) is 6.92 Å². The third-order valence-electron chi connectivity index (χ3n) is 2.33. The maximum atomic E-state index is 5.90. The highest BCUT2D eigenvalue weighted by Crippen LogP contribution is 2.23. The summed E-state index contributed by atoms with van der Waals surface area (Å²) < 4.78 is 0. The predicted molar refractivity (Wildman–Crippen MR) is 59.7 cm³/mol. The maximum Gasteiger partial charge on any atom is 0.0352 e. The van der Waals surface area contributed by atoms with E-state index in [1.165, 1.54) is 16.7 Å². The van der Waals surface area contributed by atoms with Crippen LogP contribution in [-0.4, -0.2) is 0 Å². The fraction of sp³-hybridized carbons (Fsp3) is 0.333. The summed E-state index contributed by atoms with van der Waals surface area (Å²) >= 11 is 0. The second-order valence-electron chi connectivity index (χ2n) is 3.50. The van der Waals surface area contributed by atoms with E-state index in [9.17, 15) is 0 Å². The molecule has 70 valence electrons. The van der Waals surface area contributed by atoms with Gasteiger partial charge in [-0.2, -0.15) is 0 Å². The summed E-state index contributed by atoms with van der Waals surface area (Å²) in [6.45, 7) is 10.2. The molecule has 0 atom stereocenters. The van der Waals surface area contributed by atoms with Gasteiger partial charge in [0, 0.05) is 5.69 Å². The van der Waals surface area contributed by atoms with Crippen molar-refractivity contribution in [2.45, 2.75) is 27.2 Å². The van der Waals surface area contributed by atoms with E-state index < -0.39 is 0 Å². The van der Waals surface area contributed by atoms with E-state index in [2.05, 4.69) is 26.5 Å². The van der Waals surface area contributed by atoms with Gasteiger partial charge in [0.25, 0.3) is 0 Å². The van der Waals surface area contributed by atoms with Crippen molar-refractivity contribution in [3.63, 3.8) is 0 Å². The lowest BCUT2D eigenvalue weighted by molar-refractivity contribution is 1.13. The summed E-state index contributed by atoms with van der Waals surface area (Å²) in [6, 6.07) is 4.18. The van der Waals surface area contributed by atoms with Crippen molar-refractivity contribution < 1.29 is 0 Å². The molecule has 1 heteroatoms. The first-order valence-electron chi connectivity index (χ1n) is 4.61. The van der Waals surface area contributed by atoms with Gasteiger partial charge in [-0.1, -0.05) is 25.1 Å². The highest BCUT2D eigenvalue weighted by molar-refractivity contribution is 5.69. The molecule has 0 heterocycles. The Morgan fingerprint density at radius 2 is 2.08 bits per heavy atom. The van der Waals surface area contributed by atoms with Crippen molar-refractivity contribution in [2.75, 3.05) is 5.73 Å². The molecule has 0 bridgehead atoms. The van der Waals surface area contributed by atoms with Gasteiger partial charge < -0.3 is 5.73 Å². The molecule has 13 heavy (non-hydrogen) atoms. The first kappa shape index (κ1) is 9.85. The van der Waals surface area contributed by atoms with Crippen molar-refractivity contribution in [3.05, 3.63) is 35.4 Å². The lowest BCUT2D eigenvalue weighted by atomic mass is 9.98. The second kappa shape index (κ2) is 3.65. The lowest BCUT2D eigenvalue weighted by Gasteiger charge is -2.10. The number of hydrogen-bond acceptors (Lipinski definition) is 1. The maximum absolute atomic E-state index is 5.90. The molecule has 0 radical (unpaired) electrons. The van der Waals surface area contributed by atoms with Crippen LogP contribution in [0.4, 0.5) is 5.69 Å². The minimum Gasteiger partial charge on any atom is -0.398 e. The molecule has 0 saturated heterocycles. The molecular formula is C12H17N. The minimum absolute atomic E-state index is 0.881. The van der Waals surface area contributed by atoms with Crippen molar-refractivity contribution >= 4 is 11.3 Å². The third-order valence-corrected chi connectivity index (χ3v) is 2.33. The van der Waals surface area contributed by atoms with Crippen LogP contribution in [0.15, 0.2) is 18.7 Å². The van der Waals surface area contributed by atoms with Gasteiger partial charge in [0.05, 0.1) is 0 Å². The summed E-state index contributed by atoms with van der Waals surface area (Å²) in [6.07, 6.45) is 0.989. The molecule has 0 aromatic heterocycles. The Kier molecular flexibility index (Phi) is 2.76. The Morgan fingerprint density at radius 1 is 1.46 bits per heavy atom. The van der Waals surface area contributed by atoms with Crippen molar-refractivity contribution in [3.8, 4) is 0 Å². The van der Waals surface area contributed by atoms with Crippen LogP contribution in [0.25, 0.3) is 5.57 Å². The largest absolute Gasteiger partial charge is 0.398 e. The number of aryl methyl sites for hydroxylation is 2. The quantitative estimate of drug-likeness (QED) is 0.686. The fourth-order valence-electron chi connectivity index (χ4n) is 1.55. The van der Waals surface area contributed by atoms with Crippen LogP contribution in [0.1, 0.15) is 30.5 Å². The Labute approximate surface area is 80.3 Å². The van der Waals surface area contributed by atoms with Crippen molar-refractivity contribution in [2.24, 2.45) is 0 Å². The number of rotatable bonds is 2. The summed E-state index contributed by atoms with van der Waals surface area (Å²) in [5.41, 5.74) is 11.5. The molecule has 0 unspecified atom stereocenters. The predicted octanol–water partition coefficient (Wildman–Crippen LogP) is 3.17. The monoisotopic (exact) mass is 175 g/mol. The van der Waals surface area contributed by atoms with E-state index in [0.29, 0.717) is 0 Å². The van der Waals surface area contributed by atoms with Crippen LogP contribution < -0.4 is 5.73 Å². The summed E-state index contributed by atoms with van der Waals surface area (Å²) in [5, 5.41) is 0. The van der Waals surface area contributed by atoms with Gasteiger partial charge in [-0.15, -0.1) is 0 Å². The summed E-state index contributed by atoms with van der Waals surface area (Å²) in [7, 11) is 0. The highest BCUT2D eigenvalue weighted by Gasteiger charge is 2.03. The minimum atomic E-state index is 0.881. The first-order valence-corrected chi connectivity index (χ1v) is 4.61. The molecule has 0 aliphatic heterocycles. The van der Waals surface area contributed by atoms with Crippen molar-refractivity contribution in [1.29, 1.82) is 0 Å². The van der Waals surface area contributed by atoms with Gasteiger partial charge in [-0.25, -0.2) is 0 Å². The van der Waals surface area contributed by atoms with Gasteiger partial charge in [0.1, 0.15) is 0 Å². The van der Waals surface area contributed by atoms with Crippen molar-refractivity contribution in [1.82, 2.24) is 0 Å². The lowest BCUT2D eigenvalue weighted by Crippen LogP contribution is -1.96. The molecule has 2 N–H and O–H groups in total. The molecular weight excluding hydrogens is 158 g/mol. The molecule has 1 rings (SSSR count). The van der Waals surface area contributed by atoms with Crippen LogP contribution >= 0.6 is 0 Å². The number of benzene rings is 1. The average molecular weight is 175 g/mol. The smallest absolute Gasteiger partial charge is 0.0352 e. The van der Waals surface area contributed by atoms with Crippen LogP contribution in [-0.2, 0) is 6.42 Å². The third kappa shape index (κ3) is 1.92. The van der Waals surface area contributed by atoms with E-state index in [-0.39, 0.29) is 0 Å². The van der Waals surface area contributed by atoms with Gasteiger partial charge in [-0.3, -0.25) is 0 Å². The molecule has 0 fully saturated rings. The van der Waals surface area contributed by atoms with Crippen LogP contribution in [0.3, 0.4) is 0 Å². The van der Waals surface area contributed by atoms with E-state index in [0.717, 1.165) is 17.7 Å². The first-order chi connectivity index (χ1) is 6.06. The van der Waals surface area contributed by atoms with E-state index in [4.69, 9.17) is 5.73 Å². The van der Waals surface area contributed by atoms with Gasteiger partial charge in [-0.05, 0) is 43.0 Å². The molecule has 1 aromatic rings. The number of allylic oxidation sites excluding steroid dienone is 1. The Bertz CT molecular complexity index is 337. The number of nitrogens with two attached hydrogens (primary N) is 1. The van der Waals surface area contributed by atoms with Crippen LogP contribution in [0.5, 0.6) is 0 Å². The molecule has 0 spiro atoms. The highest BCUT2D eigenvalue weighted by atomic mass is 14.6. The van der Waals surface area contributed by atoms with Crippen LogP contribution in [0.2, 0.25) is 0 Å². The Balaban J connectivity index is 3.28. The fourth-order valence-corrected chi connectivity index (χ4v) is 1.55. The molecule has 1 nitrogen and oxygen atoms in total. The zero-order chi connectivity index (χ0) is 10.0. The van der Waals surface area contributed by atoms with Gasteiger partial charge >= 0.3 is 0 Å². The standard InChI is InChI=1S/C12H17N/c1-5-10-6-9(4)11(8(2)3)7-12(10)13/h6-7H,2,5,13H2,1,3-4H3. The number of hydrogen-bond donors (Lipinski definition) is 1. The molecule has 0 amide bonds.